The Morgan fingerprint density at radius 3 is 2.65 bits per heavy atom. The maximum absolute atomic E-state index is 12.1. The molecule has 0 aromatic carbocycles. The van der Waals surface area contributed by atoms with E-state index in [4.69, 9.17) is 5.73 Å². The van der Waals surface area contributed by atoms with E-state index in [1.165, 1.54) is 0 Å². The fourth-order valence-electron chi connectivity index (χ4n) is 2.98. The summed E-state index contributed by atoms with van der Waals surface area (Å²) < 4.78 is 0. The van der Waals surface area contributed by atoms with Crippen LogP contribution in [0.4, 0.5) is 0 Å². The Morgan fingerprint density at radius 1 is 1.41 bits per heavy atom. The van der Waals surface area contributed by atoms with E-state index in [0.717, 1.165) is 44.9 Å². The molecule has 0 bridgehead atoms. The second kappa shape index (κ2) is 4.58. The maximum atomic E-state index is 12.1. The zero-order valence-corrected chi connectivity index (χ0v) is 10.7. The van der Waals surface area contributed by atoms with Gasteiger partial charge < -0.3 is 16.2 Å². The lowest BCUT2D eigenvalue weighted by Gasteiger charge is -2.39. The molecule has 2 fully saturated rings. The third-order valence-corrected chi connectivity index (χ3v) is 4.35. The van der Waals surface area contributed by atoms with Crippen LogP contribution in [0, 0.1) is 5.92 Å². The summed E-state index contributed by atoms with van der Waals surface area (Å²) in [7, 11) is 0. The van der Waals surface area contributed by atoms with Crippen molar-refractivity contribution >= 4 is 5.91 Å². The summed E-state index contributed by atoms with van der Waals surface area (Å²) in [5.41, 5.74) is 4.82. The number of hydrogen-bond donors (Lipinski definition) is 3. The number of nitrogens with two attached hydrogens (primary N) is 1. The molecule has 0 aliphatic heterocycles. The van der Waals surface area contributed by atoms with E-state index < -0.39 is 11.1 Å². The number of amides is 1. The van der Waals surface area contributed by atoms with Gasteiger partial charge in [0.25, 0.3) is 0 Å². The summed E-state index contributed by atoms with van der Waals surface area (Å²) >= 11 is 0. The average molecular weight is 240 g/mol. The molecule has 4 heteroatoms. The van der Waals surface area contributed by atoms with Gasteiger partial charge in [-0.25, -0.2) is 0 Å². The third-order valence-electron chi connectivity index (χ3n) is 4.35. The van der Waals surface area contributed by atoms with Crippen molar-refractivity contribution in [1.82, 2.24) is 5.32 Å². The molecule has 4 N–H and O–H groups in total. The first-order chi connectivity index (χ1) is 7.94. The summed E-state index contributed by atoms with van der Waals surface area (Å²) in [5.74, 6) is 0.440. The van der Waals surface area contributed by atoms with Crippen LogP contribution in [0.3, 0.4) is 0 Å². The van der Waals surface area contributed by atoms with Crippen molar-refractivity contribution < 1.29 is 9.90 Å². The van der Waals surface area contributed by atoms with Crippen LogP contribution >= 0.6 is 0 Å². The normalized spacial score (nSPS) is 36.1. The molecule has 0 aromatic rings. The number of carbonyl (C=O) groups excluding carboxylic acids is 1. The predicted octanol–water partition coefficient (Wildman–Crippen LogP) is 0.925. The lowest BCUT2D eigenvalue weighted by Crippen LogP contribution is -2.59. The minimum atomic E-state index is -0.711. The molecule has 0 heterocycles. The summed E-state index contributed by atoms with van der Waals surface area (Å²) in [6.45, 7) is 2.51. The number of nitrogens with one attached hydrogen (secondary N) is 1. The molecule has 98 valence electrons. The van der Waals surface area contributed by atoms with E-state index in [1.54, 1.807) is 0 Å². The van der Waals surface area contributed by atoms with E-state index in [-0.39, 0.29) is 5.91 Å². The lowest BCUT2D eigenvalue weighted by molar-refractivity contribution is -0.130. The van der Waals surface area contributed by atoms with Crippen molar-refractivity contribution in [1.29, 1.82) is 0 Å². The van der Waals surface area contributed by atoms with Crippen LogP contribution in [0.15, 0.2) is 0 Å². The molecule has 2 atom stereocenters. The third kappa shape index (κ3) is 2.80. The van der Waals surface area contributed by atoms with Crippen molar-refractivity contribution in [3.05, 3.63) is 0 Å². The highest BCUT2D eigenvalue weighted by Crippen LogP contribution is 2.32. The van der Waals surface area contributed by atoms with Crippen LogP contribution in [0.2, 0.25) is 0 Å². The van der Waals surface area contributed by atoms with Crippen LogP contribution in [0.25, 0.3) is 0 Å². The van der Waals surface area contributed by atoms with Gasteiger partial charge in [0.15, 0.2) is 0 Å². The van der Waals surface area contributed by atoms with Crippen LogP contribution in [0.5, 0.6) is 0 Å². The first-order valence-corrected chi connectivity index (χ1v) is 6.73. The van der Waals surface area contributed by atoms with Gasteiger partial charge >= 0.3 is 0 Å². The molecule has 2 rings (SSSR count). The Balaban J connectivity index is 1.85. The molecular formula is C13H24N2O2. The van der Waals surface area contributed by atoms with Crippen molar-refractivity contribution in [2.75, 3.05) is 6.54 Å². The lowest BCUT2D eigenvalue weighted by atomic mass is 9.76. The fraction of sp³-hybridized carbons (Fsp3) is 0.923. The molecule has 0 spiro atoms. The van der Waals surface area contributed by atoms with Crippen molar-refractivity contribution in [2.24, 2.45) is 11.7 Å². The number of rotatable bonds is 3. The Bertz CT molecular complexity index is 302. The van der Waals surface area contributed by atoms with Crippen LogP contribution < -0.4 is 11.1 Å². The Kier molecular flexibility index (Phi) is 3.46. The highest BCUT2D eigenvalue weighted by Gasteiger charge is 2.40. The fourth-order valence-corrected chi connectivity index (χ4v) is 2.98. The maximum Gasteiger partial charge on any atom is 0.240 e. The van der Waals surface area contributed by atoms with Crippen molar-refractivity contribution in [2.45, 2.75) is 63.0 Å². The highest BCUT2D eigenvalue weighted by molar-refractivity contribution is 5.86. The predicted molar refractivity (Wildman–Crippen MR) is 66.4 cm³/mol. The second-order valence-corrected chi connectivity index (χ2v) is 6.12. The first-order valence-electron chi connectivity index (χ1n) is 6.73. The van der Waals surface area contributed by atoms with Crippen molar-refractivity contribution in [3.8, 4) is 0 Å². The van der Waals surface area contributed by atoms with Gasteiger partial charge in [-0.15, -0.1) is 0 Å². The largest absolute Gasteiger partial charge is 0.388 e. The summed E-state index contributed by atoms with van der Waals surface area (Å²) in [6.07, 6.45) is 6.35. The molecule has 2 unspecified atom stereocenters. The second-order valence-electron chi connectivity index (χ2n) is 6.12. The minimum absolute atomic E-state index is 0.0793. The molecule has 1 amide bonds. The Labute approximate surface area is 103 Å². The molecular weight excluding hydrogens is 216 g/mol. The van der Waals surface area contributed by atoms with Crippen LogP contribution in [-0.4, -0.2) is 28.7 Å². The quantitative estimate of drug-likeness (QED) is 0.687. The summed E-state index contributed by atoms with van der Waals surface area (Å²) in [6, 6.07) is 0. The zero-order chi connectivity index (χ0) is 12.5. The first kappa shape index (κ1) is 12.8. The summed E-state index contributed by atoms with van der Waals surface area (Å²) in [5, 5.41) is 12.8. The SMILES string of the molecule is CC1CCCC(N)(C(=O)NCC2(O)CCC2)C1. The van der Waals surface area contributed by atoms with Gasteiger partial charge in [-0.2, -0.15) is 0 Å². The van der Waals surface area contributed by atoms with Crippen LogP contribution in [0.1, 0.15) is 51.9 Å². The van der Waals surface area contributed by atoms with E-state index in [9.17, 15) is 9.90 Å². The van der Waals surface area contributed by atoms with E-state index in [2.05, 4.69) is 12.2 Å². The van der Waals surface area contributed by atoms with E-state index >= 15 is 0 Å². The molecule has 0 saturated heterocycles. The number of hydrogen-bond acceptors (Lipinski definition) is 3. The van der Waals surface area contributed by atoms with Gasteiger partial charge in [-0.05, 0) is 38.0 Å². The summed E-state index contributed by atoms with van der Waals surface area (Å²) in [4.78, 5) is 12.1. The van der Waals surface area contributed by atoms with Crippen LogP contribution in [-0.2, 0) is 4.79 Å². The zero-order valence-electron chi connectivity index (χ0n) is 10.7. The van der Waals surface area contributed by atoms with Crippen molar-refractivity contribution in [3.63, 3.8) is 0 Å². The topological polar surface area (TPSA) is 75.4 Å². The van der Waals surface area contributed by atoms with Gasteiger partial charge in [-0.1, -0.05) is 19.8 Å². The molecule has 17 heavy (non-hydrogen) atoms. The minimum Gasteiger partial charge on any atom is -0.388 e. The molecule has 0 radical (unpaired) electrons. The molecule has 2 aliphatic carbocycles. The monoisotopic (exact) mass is 240 g/mol. The number of aliphatic hydroxyl groups is 1. The highest BCUT2D eigenvalue weighted by atomic mass is 16.3. The average Bonchev–Trinajstić information content (AvgIpc) is 2.23. The standard InChI is InChI=1S/C13H24N2O2/c1-10-4-2-7-13(14,8-10)11(16)15-9-12(17)5-3-6-12/h10,17H,2-9,14H2,1H3,(H,15,16). The Morgan fingerprint density at radius 2 is 2.12 bits per heavy atom. The van der Waals surface area contributed by atoms with Gasteiger partial charge in [0.05, 0.1) is 11.1 Å². The Hall–Kier alpha value is -0.610. The number of carbonyl (C=O) groups is 1. The van der Waals surface area contributed by atoms with Gasteiger partial charge in [-0.3, -0.25) is 4.79 Å². The van der Waals surface area contributed by atoms with Gasteiger partial charge in [0.2, 0.25) is 5.91 Å². The van der Waals surface area contributed by atoms with Gasteiger partial charge in [0.1, 0.15) is 0 Å². The van der Waals surface area contributed by atoms with E-state index in [0.29, 0.717) is 12.5 Å². The molecule has 0 aromatic heterocycles. The van der Waals surface area contributed by atoms with E-state index in [1.807, 2.05) is 0 Å². The molecule has 4 nitrogen and oxygen atoms in total. The van der Waals surface area contributed by atoms with Gasteiger partial charge in [0, 0.05) is 6.54 Å². The smallest absolute Gasteiger partial charge is 0.240 e. The molecule has 2 aliphatic rings. The molecule has 2 saturated carbocycles.